The van der Waals surface area contributed by atoms with E-state index in [0.717, 1.165) is 22.4 Å². The number of hydrogen-bond acceptors (Lipinski definition) is 2. The van der Waals surface area contributed by atoms with Gasteiger partial charge in [0.15, 0.2) is 5.75 Å². The first-order chi connectivity index (χ1) is 12.5. The molecule has 5 heteroatoms. The number of benzene rings is 3. The molecule has 0 aliphatic heterocycles. The molecule has 0 bridgehead atoms. The zero-order valence-corrected chi connectivity index (χ0v) is 16.3. The summed E-state index contributed by atoms with van der Waals surface area (Å²) < 4.78 is 5.78. The highest BCUT2D eigenvalue weighted by Gasteiger charge is 2.10. The molecule has 0 amide bonds. The van der Waals surface area contributed by atoms with Crippen molar-refractivity contribution < 1.29 is 4.74 Å². The molecular weight excluding hydrogens is 389 g/mol. The van der Waals surface area contributed by atoms with Crippen LogP contribution in [0.25, 0.3) is 0 Å². The highest BCUT2D eigenvalue weighted by Crippen LogP contribution is 2.34. The molecule has 0 unspecified atom stereocenters. The van der Waals surface area contributed by atoms with Crippen molar-refractivity contribution in [2.45, 2.75) is 13.5 Å². The lowest BCUT2D eigenvalue weighted by Gasteiger charge is -2.11. The second kappa shape index (κ2) is 8.59. The minimum Gasteiger partial charge on any atom is -0.486 e. The third-order valence-electron chi connectivity index (χ3n) is 3.79. The highest BCUT2D eigenvalue weighted by molar-refractivity contribution is 6.37. The Kier molecular flexibility index (Phi) is 6.20. The molecule has 0 aliphatic rings. The number of para-hydroxylation sites is 1. The van der Waals surface area contributed by atoms with Gasteiger partial charge in [0.2, 0.25) is 0 Å². The molecule has 0 aliphatic carbocycles. The maximum Gasteiger partial charge on any atom is 0.157 e. The average Bonchev–Trinajstić information content (AvgIpc) is 2.62. The smallest absolute Gasteiger partial charge is 0.157 e. The first-order valence-corrected chi connectivity index (χ1v) is 9.12. The second-order valence-corrected chi connectivity index (χ2v) is 7.02. The van der Waals surface area contributed by atoms with E-state index in [2.05, 4.69) is 4.99 Å². The van der Waals surface area contributed by atoms with Gasteiger partial charge in [-0.3, -0.25) is 4.99 Å². The van der Waals surface area contributed by atoms with Gasteiger partial charge in [-0.05, 0) is 53.9 Å². The summed E-state index contributed by atoms with van der Waals surface area (Å²) in [6, 6.07) is 18.9. The largest absolute Gasteiger partial charge is 0.486 e. The topological polar surface area (TPSA) is 21.6 Å². The summed E-state index contributed by atoms with van der Waals surface area (Å²) in [6.45, 7) is 2.37. The predicted molar refractivity (Wildman–Crippen MR) is 111 cm³/mol. The fraction of sp³-hybridized carbons (Fsp3) is 0.0952. The van der Waals surface area contributed by atoms with Crippen LogP contribution in [0.4, 0.5) is 5.69 Å². The summed E-state index contributed by atoms with van der Waals surface area (Å²) >= 11 is 18.6. The third-order valence-corrected chi connectivity index (χ3v) is 4.60. The van der Waals surface area contributed by atoms with Crippen LogP contribution in [0.15, 0.2) is 65.7 Å². The van der Waals surface area contributed by atoms with E-state index in [4.69, 9.17) is 39.5 Å². The van der Waals surface area contributed by atoms with Crippen molar-refractivity contribution in [2.24, 2.45) is 4.99 Å². The Morgan fingerprint density at radius 3 is 2.23 bits per heavy atom. The van der Waals surface area contributed by atoms with Gasteiger partial charge in [-0.15, -0.1) is 0 Å². The molecule has 3 aromatic rings. The van der Waals surface area contributed by atoms with Crippen LogP contribution < -0.4 is 4.74 Å². The Hall–Kier alpha value is -2.00. The summed E-state index contributed by atoms with van der Waals surface area (Å²) in [6.07, 6.45) is 1.74. The van der Waals surface area contributed by atoms with Crippen molar-refractivity contribution in [2.75, 3.05) is 0 Å². The maximum atomic E-state index is 6.35. The van der Waals surface area contributed by atoms with Crippen LogP contribution in [0.2, 0.25) is 15.1 Å². The fourth-order valence-corrected chi connectivity index (χ4v) is 3.12. The summed E-state index contributed by atoms with van der Waals surface area (Å²) in [7, 11) is 0. The summed E-state index contributed by atoms with van der Waals surface area (Å²) in [5, 5.41) is 1.57. The SMILES string of the molecule is Cc1ccccc1N=Cc1cc(Cl)c(OCc2ccc(Cl)cc2)c(Cl)c1. The monoisotopic (exact) mass is 403 g/mol. The first kappa shape index (κ1) is 18.8. The molecule has 0 spiro atoms. The number of hydrogen-bond donors (Lipinski definition) is 0. The Morgan fingerprint density at radius 1 is 0.923 bits per heavy atom. The Balaban J connectivity index is 1.75. The maximum absolute atomic E-state index is 6.35. The molecule has 132 valence electrons. The lowest BCUT2D eigenvalue weighted by atomic mass is 10.2. The van der Waals surface area contributed by atoms with Gasteiger partial charge < -0.3 is 4.74 Å². The van der Waals surface area contributed by atoms with Crippen LogP contribution in [0, 0.1) is 6.92 Å². The normalized spacial score (nSPS) is 11.1. The minimum absolute atomic E-state index is 0.354. The van der Waals surface area contributed by atoms with Gasteiger partial charge in [0, 0.05) is 11.2 Å². The Bertz CT molecular complexity index is 913. The molecule has 3 aromatic carbocycles. The third kappa shape index (κ3) is 4.79. The van der Waals surface area contributed by atoms with Gasteiger partial charge >= 0.3 is 0 Å². The van der Waals surface area contributed by atoms with Crippen LogP contribution in [0.3, 0.4) is 0 Å². The van der Waals surface area contributed by atoms with Gasteiger partial charge in [0.25, 0.3) is 0 Å². The van der Waals surface area contributed by atoms with Gasteiger partial charge in [-0.2, -0.15) is 0 Å². The second-order valence-electron chi connectivity index (χ2n) is 5.77. The van der Waals surface area contributed by atoms with E-state index >= 15 is 0 Å². The number of nitrogens with zero attached hydrogens (tertiary/aromatic N) is 1. The molecule has 0 saturated heterocycles. The lowest BCUT2D eigenvalue weighted by molar-refractivity contribution is 0.306. The van der Waals surface area contributed by atoms with Gasteiger partial charge in [0.05, 0.1) is 15.7 Å². The summed E-state index contributed by atoms with van der Waals surface area (Å²) in [5.41, 5.74) is 3.79. The van der Waals surface area contributed by atoms with Crippen molar-refractivity contribution in [1.29, 1.82) is 0 Å². The van der Waals surface area contributed by atoms with E-state index in [1.54, 1.807) is 18.3 Å². The van der Waals surface area contributed by atoms with Crippen molar-refractivity contribution in [3.63, 3.8) is 0 Å². The van der Waals surface area contributed by atoms with Gasteiger partial charge in [0.1, 0.15) is 6.61 Å². The minimum atomic E-state index is 0.354. The van der Waals surface area contributed by atoms with Crippen LogP contribution >= 0.6 is 34.8 Å². The number of aliphatic imine (C=N–C) groups is 1. The number of rotatable bonds is 5. The van der Waals surface area contributed by atoms with Crippen LogP contribution in [0.5, 0.6) is 5.75 Å². The van der Waals surface area contributed by atoms with E-state index in [-0.39, 0.29) is 0 Å². The fourth-order valence-electron chi connectivity index (χ4n) is 2.38. The molecule has 0 aromatic heterocycles. The molecule has 0 heterocycles. The molecular formula is C21H16Cl3NO. The molecule has 2 nitrogen and oxygen atoms in total. The molecule has 0 fully saturated rings. The first-order valence-electron chi connectivity index (χ1n) is 7.99. The van der Waals surface area contributed by atoms with Crippen molar-refractivity contribution in [3.8, 4) is 5.75 Å². The van der Waals surface area contributed by atoms with Crippen LogP contribution in [-0.2, 0) is 6.61 Å². The summed E-state index contributed by atoms with van der Waals surface area (Å²) in [4.78, 5) is 4.49. The molecule has 0 atom stereocenters. The van der Waals surface area contributed by atoms with E-state index in [0.29, 0.717) is 27.4 Å². The van der Waals surface area contributed by atoms with Crippen LogP contribution in [-0.4, -0.2) is 6.21 Å². The van der Waals surface area contributed by atoms with Crippen LogP contribution in [0.1, 0.15) is 16.7 Å². The Morgan fingerprint density at radius 2 is 1.58 bits per heavy atom. The molecule has 26 heavy (non-hydrogen) atoms. The van der Waals surface area contributed by atoms with Gasteiger partial charge in [-0.1, -0.05) is 65.1 Å². The molecule has 0 radical (unpaired) electrons. The van der Waals surface area contributed by atoms with E-state index in [1.807, 2.05) is 55.5 Å². The van der Waals surface area contributed by atoms with E-state index in [1.165, 1.54) is 0 Å². The standard InChI is InChI=1S/C21H16Cl3NO/c1-14-4-2-3-5-20(14)25-12-16-10-18(23)21(19(24)11-16)26-13-15-6-8-17(22)9-7-15/h2-12H,13H2,1H3. The van der Waals surface area contributed by atoms with E-state index < -0.39 is 0 Å². The molecule has 0 saturated carbocycles. The zero-order valence-electron chi connectivity index (χ0n) is 14.0. The van der Waals surface area contributed by atoms with Crippen molar-refractivity contribution in [1.82, 2.24) is 0 Å². The average molecular weight is 405 g/mol. The summed E-state index contributed by atoms with van der Waals surface area (Å²) in [5.74, 6) is 0.455. The number of ether oxygens (including phenoxy) is 1. The quantitative estimate of drug-likeness (QED) is 0.409. The highest BCUT2D eigenvalue weighted by atomic mass is 35.5. The zero-order chi connectivity index (χ0) is 18.5. The predicted octanol–water partition coefficient (Wildman–Crippen LogP) is 7.28. The lowest BCUT2D eigenvalue weighted by Crippen LogP contribution is -1.97. The number of halogens is 3. The van der Waals surface area contributed by atoms with E-state index in [9.17, 15) is 0 Å². The number of aryl methyl sites for hydroxylation is 1. The molecule has 3 rings (SSSR count). The van der Waals surface area contributed by atoms with Crippen molar-refractivity contribution in [3.05, 3.63) is 92.4 Å². The Labute approximate surface area is 168 Å². The van der Waals surface area contributed by atoms with Gasteiger partial charge in [-0.25, -0.2) is 0 Å². The molecule has 0 N–H and O–H groups in total. The van der Waals surface area contributed by atoms with Crippen molar-refractivity contribution >= 4 is 46.7 Å².